The number of amides is 1. The van der Waals surface area contributed by atoms with Crippen molar-refractivity contribution in [3.8, 4) is 5.75 Å². The quantitative estimate of drug-likeness (QED) is 0.849. The zero-order chi connectivity index (χ0) is 12.7. The smallest absolute Gasteiger partial charge is 0.410 e. The third-order valence-corrected chi connectivity index (χ3v) is 2.41. The number of nitrogens with one attached hydrogen (secondary N) is 1. The first-order valence-electron chi connectivity index (χ1n) is 5.75. The molecule has 0 spiro atoms. The van der Waals surface area contributed by atoms with Gasteiger partial charge >= 0.3 is 6.09 Å². The van der Waals surface area contributed by atoms with Crippen LogP contribution in [0.25, 0.3) is 0 Å². The summed E-state index contributed by atoms with van der Waals surface area (Å²) in [5, 5.41) is 2.41. The SMILES string of the molecule is CNC(=O)Oc1ccc(CCCN(C)C)cc1. The lowest BCUT2D eigenvalue weighted by Gasteiger charge is -2.09. The molecule has 94 valence electrons. The molecule has 0 bridgehead atoms. The number of aryl methyl sites for hydroxylation is 1. The molecule has 0 fully saturated rings. The molecule has 1 aromatic rings. The van der Waals surface area contributed by atoms with Crippen LogP contribution in [0.1, 0.15) is 12.0 Å². The average Bonchev–Trinajstić information content (AvgIpc) is 2.31. The number of carbonyl (C=O) groups is 1. The van der Waals surface area contributed by atoms with Gasteiger partial charge in [0.15, 0.2) is 0 Å². The predicted octanol–water partition coefficient (Wildman–Crippen LogP) is 1.90. The Kier molecular flexibility index (Phi) is 5.49. The molecule has 0 saturated carbocycles. The molecule has 0 heterocycles. The summed E-state index contributed by atoms with van der Waals surface area (Å²) in [5.74, 6) is 0.570. The molecule has 0 aliphatic rings. The molecule has 0 saturated heterocycles. The molecule has 17 heavy (non-hydrogen) atoms. The van der Waals surface area contributed by atoms with E-state index >= 15 is 0 Å². The van der Waals surface area contributed by atoms with Crippen LogP contribution >= 0.6 is 0 Å². The van der Waals surface area contributed by atoms with Crippen molar-refractivity contribution in [2.24, 2.45) is 0 Å². The summed E-state index contributed by atoms with van der Waals surface area (Å²) in [6, 6.07) is 7.63. The Hall–Kier alpha value is -1.55. The van der Waals surface area contributed by atoms with Gasteiger partial charge in [0.05, 0.1) is 0 Å². The van der Waals surface area contributed by atoms with Gasteiger partial charge in [-0.3, -0.25) is 0 Å². The molecule has 0 aromatic heterocycles. The van der Waals surface area contributed by atoms with Gasteiger partial charge in [-0.1, -0.05) is 12.1 Å². The summed E-state index contributed by atoms with van der Waals surface area (Å²) in [6.45, 7) is 1.08. The van der Waals surface area contributed by atoms with Crippen LogP contribution in [0.15, 0.2) is 24.3 Å². The number of ether oxygens (including phenoxy) is 1. The van der Waals surface area contributed by atoms with Crippen molar-refractivity contribution in [1.82, 2.24) is 10.2 Å². The summed E-state index contributed by atoms with van der Waals surface area (Å²) in [4.78, 5) is 13.1. The van der Waals surface area contributed by atoms with Crippen LogP contribution in [0, 0.1) is 0 Å². The molecule has 0 unspecified atom stereocenters. The number of nitrogens with zero attached hydrogens (tertiary/aromatic N) is 1. The highest BCUT2D eigenvalue weighted by atomic mass is 16.5. The maximum Gasteiger partial charge on any atom is 0.412 e. The van der Waals surface area contributed by atoms with Gasteiger partial charge in [0, 0.05) is 7.05 Å². The molecule has 1 aromatic carbocycles. The molecular weight excluding hydrogens is 216 g/mol. The number of hydrogen-bond acceptors (Lipinski definition) is 3. The van der Waals surface area contributed by atoms with E-state index in [4.69, 9.17) is 4.74 Å². The highest BCUT2D eigenvalue weighted by Gasteiger charge is 2.01. The largest absolute Gasteiger partial charge is 0.412 e. The van der Waals surface area contributed by atoms with Crippen molar-refractivity contribution in [1.29, 1.82) is 0 Å². The molecule has 0 aliphatic heterocycles. The van der Waals surface area contributed by atoms with Crippen molar-refractivity contribution in [3.63, 3.8) is 0 Å². The molecule has 0 atom stereocenters. The minimum atomic E-state index is -0.439. The van der Waals surface area contributed by atoms with E-state index in [1.54, 1.807) is 0 Å². The number of hydrogen-bond donors (Lipinski definition) is 1. The lowest BCUT2D eigenvalue weighted by Crippen LogP contribution is -2.21. The van der Waals surface area contributed by atoms with Crippen LogP contribution < -0.4 is 10.1 Å². The van der Waals surface area contributed by atoms with E-state index in [0.29, 0.717) is 5.75 Å². The van der Waals surface area contributed by atoms with Crippen LogP contribution in [0.4, 0.5) is 4.79 Å². The van der Waals surface area contributed by atoms with Crippen molar-refractivity contribution >= 4 is 6.09 Å². The zero-order valence-electron chi connectivity index (χ0n) is 10.7. The number of rotatable bonds is 5. The fourth-order valence-corrected chi connectivity index (χ4v) is 1.48. The Bertz CT molecular complexity index is 347. The minimum Gasteiger partial charge on any atom is -0.410 e. The van der Waals surface area contributed by atoms with Crippen LogP contribution in [-0.4, -0.2) is 38.7 Å². The maximum absolute atomic E-state index is 11.0. The Balaban J connectivity index is 2.42. The highest BCUT2D eigenvalue weighted by molar-refractivity contribution is 5.69. The molecule has 0 aliphatic carbocycles. The Morgan fingerprint density at radius 1 is 1.29 bits per heavy atom. The van der Waals surface area contributed by atoms with Gasteiger partial charge in [0.2, 0.25) is 0 Å². The van der Waals surface area contributed by atoms with E-state index in [0.717, 1.165) is 19.4 Å². The van der Waals surface area contributed by atoms with Crippen LogP contribution in [0.5, 0.6) is 5.75 Å². The van der Waals surface area contributed by atoms with Crippen molar-refractivity contribution < 1.29 is 9.53 Å². The molecular formula is C13H20N2O2. The lowest BCUT2D eigenvalue weighted by molar-refractivity contribution is 0.203. The van der Waals surface area contributed by atoms with E-state index in [9.17, 15) is 4.79 Å². The first-order valence-corrected chi connectivity index (χ1v) is 5.75. The Morgan fingerprint density at radius 2 is 1.94 bits per heavy atom. The number of carbonyl (C=O) groups excluding carboxylic acids is 1. The fourth-order valence-electron chi connectivity index (χ4n) is 1.48. The van der Waals surface area contributed by atoms with Gasteiger partial charge in [-0.2, -0.15) is 0 Å². The summed E-state index contributed by atoms with van der Waals surface area (Å²) in [6.07, 6.45) is 1.73. The van der Waals surface area contributed by atoms with Gasteiger partial charge in [0.1, 0.15) is 5.75 Å². The lowest BCUT2D eigenvalue weighted by atomic mass is 10.1. The van der Waals surface area contributed by atoms with Gasteiger partial charge in [-0.05, 0) is 51.2 Å². The summed E-state index contributed by atoms with van der Waals surface area (Å²) < 4.78 is 5.00. The van der Waals surface area contributed by atoms with Gasteiger partial charge in [0.25, 0.3) is 0 Å². The molecule has 1 rings (SSSR count). The minimum absolute atomic E-state index is 0.439. The van der Waals surface area contributed by atoms with Gasteiger partial charge < -0.3 is 15.0 Å². The fraction of sp³-hybridized carbons (Fsp3) is 0.462. The van der Waals surface area contributed by atoms with E-state index < -0.39 is 6.09 Å². The van der Waals surface area contributed by atoms with Crippen LogP contribution in [-0.2, 0) is 6.42 Å². The second kappa shape index (κ2) is 6.91. The predicted molar refractivity (Wildman–Crippen MR) is 68.4 cm³/mol. The standard InChI is InChI=1S/C13H20N2O2/c1-14-13(16)17-12-8-6-11(7-9-12)5-4-10-15(2)3/h6-9H,4-5,10H2,1-3H3,(H,14,16). The van der Waals surface area contributed by atoms with Gasteiger partial charge in [-0.15, -0.1) is 0 Å². The average molecular weight is 236 g/mol. The first-order chi connectivity index (χ1) is 8.11. The van der Waals surface area contributed by atoms with E-state index in [1.807, 2.05) is 24.3 Å². The highest BCUT2D eigenvalue weighted by Crippen LogP contribution is 2.13. The topological polar surface area (TPSA) is 41.6 Å². The van der Waals surface area contributed by atoms with E-state index in [-0.39, 0.29) is 0 Å². The summed E-state index contributed by atoms with van der Waals surface area (Å²) in [5.41, 5.74) is 1.26. The number of benzene rings is 1. The summed E-state index contributed by atoms with van der Waals surface area (Å²) >= 11 is 0. The van der Waals surface area contributed by atoms with Crippen molar-refractivity contribution in [2.45, 2.75) is 12.8 Å². The van der Waals surface area contributed by atoms with Crippen molar-refractivity contribution in [3.05, 3.63) is 29.8 Å². The molecule has 4 nitrogen and oxygen atoms in total. The second-order valence-corrected chi connectivity index (χ2v) is 4.19. The monoisotopic (exact) mass is 236 g/mol. The molecule has 1 amide bonds. The maximum atomic E-state index is 11.0. The van der Waals surface area contributed by atoms with E-state index in [1.165, 1.54) is 12.6 Å². The zero-order valence-corrected chi connectivity index (χ0v) is 10.7. The van der Waals surface area contributed by atoms with Crippen LogP contribution in [0.3, 0.4) is 0 Å². The molecule has 1 N–H and O–H groups in total. The third kappa shape index (κ3) is 5.36. The molecule has 4 heteroatoms. The van der Waals surface area contributed by atoms with E-state index in [2.05, 4.69) is 24.3 Å². The first kappa shape index (κ1) is 13.5. The Labute approximate surface area is 103 Å². The van der Waals surface area contributed by atoms with Gasteiger partial charge in [-0.25, -0.2) is 4.79 Å². The molecule has 0 radical (unpaired) electrons. The van der Waals surface area contributed by atoms with Crippen molar-refractivity contribution in [2.75, 3.05) is 27.7 Å². The normalized spacial score (nSPS) is 10.4. The van der Waals surface area contributed by atoms with Crippen LogP contribution in [0.2, 0.25) is 0 Å². The summed E-state index contributed by atoms with van der Waals surface area (Å²) in [7, 11) is 5.68. The Morgan fingerprint density at radius 3 is 2.47 bits per heavy atom. The third-order valence-electron chi connectivity index (χ3n) is 2.41. The second-order valence-electron chi connectivity index (χ2n) is 4.19.